The normalized spacial score (nSPS) is 39.8. The van der Waals surface area contributed by atoms with Crippen molar-refractivity contribution in [3.05, 3.63) is 0 Å². The van der Waals surface area contributed by atoms with E-state index in [0.717, 1.165) is 0 Å². The van der Waals surface area contributed by atoms with Crippen molar-refractivity contribution in [3.63, 3.8) is 0 Å². The quantitative estimate of drug-likeness (QED) is 0.684. The summed E-state index contributed by atoms with van der Waals surface area (Å²) in [7, 11) is 0. The van der Waals surface area contributed by atoms with E-state index in [4.69, 9.17) is 16.7 Å². The van der Waals surface area contributed by atoms with Crippen LogP contribution < -0.4 is 0 Å². The Bertz CT molecular complexity index is 239. The molecule has 0 saturated heterocycles. The topological polar surface area (TPSA) is 37.3 Å². The number of alkyl halides is 4. The highest BCUT2D eigenvalue weighted by atomic mass is 35.5. The number of halogens is 4. The van der Waals surface area contributed by atoms with Crippen molar-refractivity contribution in [2.24, 2.45) is 5.41 Å². The number of hydrogen-bond acceptors (Lipinski definition) is 1. The van der Waals surface area contributed by atoms with Crippen molar-refractivity contribution < 1.29 is 23.1 Å². The van der Waals surface area contributed by atoms with Gasteiger partial charge in [-0.15, -0.1) is 11.6 Å². The maximum atomic E-state index is 12.3. The van der Waals surface area contributed by atoms with E-state index in [9.17, 15) is 18.0 Å². The molecular formula is C7H8ClF3O2. The molecule has 76 valence electrons. The SMILES string of the molecule is CC1(Cl)CC(C(=O)O)(C(F)(F)F)C1. The van der Waals surface area contributed by atoms with Gasteiger partial charge in [0.05, 0.1) is 0 Å². The van der Waals surface area contributed by atoms with Crippen molar-refractivity contribution in [3.8, 4) is 0 Å². The van der Waals surface area contributed by atoms with Crippen molar-refractivity contribution in [1.29, 1.82) is 0 Å². The van der Waals surface area contributed by atoms with E-state index in [1.54, 1.807) is 0 Å². The maximum absolute atomic E-state index is 12.3. The number of rotatable bonds is 1. The Balaban J connectivity index is 2.91. The van der Waals surface area contributed by atoms with Crippen LogP contribution in [0.3, 0.4) is 0 Å². The first-order valence-corrected chi connectivity index (χ1v) is 3.98. The molecule has 0 bridgehead atoms. The van der Waals surface area contributed by atoms with E-state index in [2.05, 4.69) is 0 Å². The highest BCUT2D eigenvalue weighted by molar-refractivity contribution is 6.25. The molecule has 1 saturated carbocycles. The van der Waals surface area contributed by atoms with Crippen LogP contribution in [0.4, 0.5) is 13.2 Å². The first-order valence-electron chi connectivity index (χ1n) is 3.60. The molecule has 13 heavy (non-hydrogen) atoms. The van der Waals surface area contributed by atoms with Gasteiger partial charge in [-0.05, 0) is 19.8 Å². The van der Waals surface area contributed by atoms with E-state index in [1.165, 1.54) is 6.92 Å². The van der Waals surface area contributed by atoms with Crippen LogP contribution in [0.2, 0.25) is 0 Å². The molecule has 0 amide bonds. The van der Waals surface area contributed by atoms with Crippen LogP contribution >= 0.6 is 11.6 Å². The van der Waals surface area contributed by atoms with Gasteiger partial charge in [-0.3, -0.25) is 4.79 Å². The summed E-state index contributed by atoms with van der Waals surface area (Å²) < 4.78 is 36.9. The third-order valence-electron chi connectivity index (χ3n) is 2.29. The summed E-state index contributed by atoms with van der Waals surface area (Å²) in [5.41, 5.74) is -2.62. The summed E-state index contributed by atoms with van der Waals surface area (Å²) in [5.74, 6) is -1.84. The predicted octanol–water partition coefficient (Wildman–Crippen LogP) is 2.41. The monoisotopic (exact) mass is 216 g/mol. The number of carbonyl (C=O) groups is 1. The van der Waals surface area contributed by atoms with Gasteiger partial charge >= 0.3 is 12.1 Å². The second-order valence-corrected chi connectivity index (χ2v) is 4.56. The average molecular weight is 217 g/mol. The summed E-state index contributed by atoms with van der Waals surface area (Å²) in [6, 6.07) is 0. The van der Waals surface area contributed by atoms with Crippen LogP contribution in [0, 0.1) is 5.41 Å². The zero-order valence-electron chi connectivity index (χ0n) is 6.78. The molecule has 1 aliphatic carbocycles. The van der Waals surface area contributed by atoms with Gasteiger partial charge in [0, 0.05) is 4.87 Å². The Morgan fingerprint density at radius 1 is 1.46 bits per heavy atom. The van der Waals surface area contributed by atoms with Crippen molar-refractivity contribution in [1.82, 2.24) is 0 Å². The molecule has 1 fully saturated rings. The van der Waals surface area contributed by atoms with Crippen LogP contribution in [0.1, 0.15) is 19.8 Å². The highest BCUT2D eigenvalue weighted by Crippen LogP contribution is 2.60. The van der Waals surface area contributed by atoms with Gasteiger partial charge in [-0.1, -0.05) is 0 Å². The molecule has 1 rings (SSSR count). The lowest BCUT2D eigenvalue weighted by atomic mass is 9.61. The molecule has 1 aliphatic rings. The van der Waals surface area contributed by atoms with Crippen LogP contribution in [0.5, 0.6) is 0 Å². The van der Waals surface area contributed by atoms with Crippen LogP contribution in [0.25, 0.3) is 0 Å². The smallest absolute Gasteiger partial charge is 0.405 e. The molecule has 0 aromatic heterocycles. The van der Waals surface area contributed by atoms with E-state index < -0.39 is 35.3 Å². The number of carboxylic acid groups (broad SMARTS) is 1. The molecule has 0 spiro atoms. The lowest BCUT2D eigenvalue weighted by Crippen LogP contribution is -2.59. The third kappa shape index (κ3) is 1.49. The van der Waals surface area contributed by atoms with Gasteiger partial charge in [0.2, 0.25) is 0 Å². The molecule has 0 aromatic rings. The third-order valence-corrected chi connectivity index (χ3v) is 2.56. The van der Waals surface area contributed by atoms with Crippen LogP contribution in [-0.2, 0) is 4.79 Å². The summed E-state index contributed by atoms with van der Waals surface area (Å²) in [4.78, 5) is 9.43. The Kier molecular flexibility index (Phi) is 2.07. The number of carboxylic acids is 1. The predicted molar refractivity (Wildman–Crippen MR) is 39.6 cm³/mol. The number of aliphatic carboxylic acids is 1. The maximum Gasteiger partial charge on any atom is 0.405 e. The molecule has 0 atom stereocenters. The van der Waals surface area contributed by atoms with Crippen LogP contribution in [0.15, 0.2) is 0 Å². The Labute approximate surface area is 77.7 Å². The van der Waals surface area contributed by atoms with E-state index >= 15 is 0 Å². The lowest BCUT2D eigenvalue weighted by molar-refractivity contribution is -0.258. The number of hydrogen-bond donors (Lipinski definition) is 1. The second kappa shape index (κ2) is 2.53. The summed E-state index contributed by atoms with van der Waals surface area (Å²) in [6.45, 7) is 1.40. The molecule has 0 aliphatic heterocycles. The first-order chi connectivity index (χ1) is 5.61. The summed E-state index contributed by atoms with van der Waals surface area (Å²) in [5, 5.41) is 8.47. The summed E-state index contributed by atoms with van der Waals surface area (Å²) in [6.07, 6.45) is -5.83. The minimum Gasteiger partial charge on any atom is -0.481 e. The fraction of sp³-hybridized carbons (Fsp3) is 0.857. The molecule has 6 heteroatoms. The van der Waals surface area contributed by atoms with Crippen LogP contribution in [-0.4, -0.2) is 22.1 Å². The average Bonchev–Trinajstić information content (AvgIpc) is 1.78. The van der Waals surface area contributed by atoms with Crippen molar-refractivity contribution in [2.45, 2.75) is 30.8 Å². The molecule has 0 unspecified atom stereocenters. The lowest BCUT2D eigenvalue weighted by Gasteiger charge is -2.48. The Morgan fingerprint density at radius 2 is 1.85 bits per heavy atom. The Morgan fingerprint density at radius 3 is 1.92 bits per heavy atom. The van der Waals surface area contributed by atoms with E-state index in [-0.39, 0.29) is 0 Å². The van der Waals surface area contributed by atoms with E-state index in [1.807, 2.05) is 0 Å². The van der Waals surface area contributed by atoms with Gasteiger partial charge < -0.3 is 5.11 Å². The van der Waals surface area contributed by atoms with Gasteiger partial charge in [0.25, 0.3) is 0 Å². The van der Waals surface area contributed by atoms with E-state index in [0.29, 0.717) is 0 Å². The molecule has 0 aromatic carbocycles. The molecule has 2 nitrogen and oxygen atoms in total. The molecule has 0 radical (unpaired) electrons. The van der Waals surface area contributed by atoms with Crippen molar-refractivity contribution in [2.75, 3.05) is 0 Å². The largest absolute Gasteiger partial charge is 0.481 e. The zero-order valence-corrected chi connectivity index (χ0v) is 7.54. The van der Waals surface area contributed by atoms with Gasteiger partial charge in [-0.2, -0.15) is 13.2 Å². The minimum atomic E-state index is -4.72. The van der Waals surface area contributed by atoms with Crippen molar-refractivity contribution >= 4 is 17.6 Å². The fourth-order valence-corrected chi connectivity index (χ4v) is 2.14. The second-order valence-electron chi connectivity index (χ2n) is 3.65. The first kappa shape index (κ1) is 10.6. The molecule has 0 heterocycles. The fourth-order valence-electron chi connectivity index (χ4n) is 1.68. The minimum absolute atomic E-state index is 0.555. The van der Waals surface area contributed by atoms with Gasteiger partial charge in [-0.25, -0.2) is 0 Å². The zero-order chi connectivity index (χ0) is 10.5. The van der Waals surface area contributed by atoms with Gasteiger partial charge in [0.15, 0.2) is 5.41 Å². The van der Waals surface area contributed by atoms with Gasteiger partial charge in [0.1, 0.15) is 0 Å². The standard InChI is InChI=1S/C7H8ClF3O2/c1-5(8)2-6(3-5,4(12)13)7(9,10)11/h2-3H2,1H3,(H,12,13). The summed E-state index contributed by atoms with van der Waals surface area (Å²) >= 11 is 5.58. The Hall–Kier alpha value is -0.450. The molecular weight excluding hydrogens is 209 g/mol. The highest BCUT2D eigenvalue weighted by Gasteiger charge is 2.70. The molecule has 1 N–H and O–H groups in total.